The Hall–Kier alpha value is -0.120. The van der Waals surface area contributed by atoms with Crippen LogP contribution in [0.15, 0.2) is 0 Å². The molecule has 1 N–H and O–H groups in total. The van der Waals surface area contributed by atoms with Crippen LogP contribution in [0.2, 0.25) is 0 Å². The van der Waals surface area contributed by atoms with E-state index in [-0.39, 0.29) is 6.10 Å². The van der Waals surface area contributed by atoms with Gasteiger partial charge in [-0.1, -0.05) is 0 Å². The standard InChI is InChI=1S/C9H15NO2/c11-9-5-12-4-8(9)10-2-1-6-3-7(6)10/h6-9,11H,1-5H2/t6?,7?,8?,9-/m1/s1. The summed E-state index contributed by atoms with van der Waals surface area (Å²) in [5.41, 5.74) is 0. The van der Waals surface area contributed by atoms with E-state index in [1.54, 1.807) is 0 Å². The van der Waals surface area contributed by atoms with Gasteiger partial charge in [-0.25, -0.2) is 0 Å². The number of nitrogens with zero attached hydrogens (tertiary/aromatic N) is 1. The maximum Gasteiger partial charge on any atom is 0.0950 e. The molecular weight excluding hydrogens is 154 g/mol. The van der Waals surface area contributed by atoms with Gasteiger partial charge in [-0.2, -0.15) is 0 Å². The van der Waals surface area contributed by atoms with Gasteiger partial charge < -0.3 is 9.84 Å². The van der Waals surface area contributed by atoms with Gasteiger partial charge in [0.05, 0.1) is 25.4 Å². The molecule has 3 fully saturated rings. The first-order valence-electron chi connectivity index (χ1n) is 4.88. The summed E-state index contributed by atoms with van der Waals surface area (Å²) in [5.74, 6) is 0.956. The van der Waals surface area contributed by atoms with Crippen molar-refractivity contribution in [3.63, 3.8) is 0 Å². The summed E-state index contributed by atoms with van der Waals surface area (Å²) in [7, 11) is 0. The molecule has 3 unspecified atom stereocenters. The van der Waals surface area contributed by atoms with Gasteiger partial charge in [-0.05, 0) is 25.3 Å². The zero-order valence-electron chi connectivity index (χ0n) is 7.15. The fourth-order valence-electron chi connectivity index (χ4n) is 2.69. The summed E-state index contributed by atoms with van der Waals surface area (Å²) in [6, 6.07) is 1.11. The van der Waals surface area contributed by atoms with Gasteiger partial charge in [0.25, 0.3) is 0 Å². The molecule has 68 valence electrons. The van der Waals surface area contributed by atoms with Crippen molar-refractivity contribution in [3.05, 3.63) is 0 Å². The second-order valence-electron chi connectivity index (χ2n) is 4.26. The van der Waals surface area contributed by atoms with Crippen LogP contribution in [0.5, 0.6) is 0 Å². The molecule has 0 bridgehead atoms. The molecule has 3 aliphatic rings. The SMILES string of the molecule is O[C@@H]1COCC1N1CCC2CC21. The molecule has 0 aromatic heterocycles. The van der Waals surface area contributed by atoms with Gasteiger partial charge in [-0.15, -0.1) is 0 Å². The van der Waals surface area contributed by atoms with Crippen LogP contribution in [-0.2, 0) is 4.74 Å². The maximum absolute atomic E-state index is 9.62. The highest BCUT2D eigenvalue weighted by Gasteiger charge is 2.51. The summed E-state index contributed by atoms with van der Waals surface area (Å²) in [6.45, 7) is 2.46. The lowest BCUT2D eigenvalue weighted by Gasteiger charge is -2.26. The van der Waals surface area contributed by atoms with Crippen molar-refractivity contribution in [2.45, 2.75) is 31.0 Å². The fraction of sp³-hybridized carbons (Fsp3) is 1.00. The molecule has 0 spiro atoms. The summed E-state index contributed by atoms with van der Waals surface area (Å²) < 4.78 is 5.26. The first kappa shape index (κ1) is 7.30. The van der Waals surface area contributed by atoms with Crippen molar-refractivity contribution >= 4 is 0 Å². The van der Waals surface area contributed by atoms with Crippen molar-refractivity contribution in [3.8, 4) is 0 Å². The number of aliphatic hydroxyl groups is 1. The monoisotopic (exact) mass is 169 g/mol. The maximum atomic E-state index is 9.62. The Labute approximate surface area is 72.3 Å². The molecule has 0 aromatic carbocycles. The summed E-state index contributed by atoms with van der Waals surface area (Å²) >= 11 is 0. The summed E-state index contributed by atoms with van der Waals surface area (Å²) in [4.78, 5) is 2.46. The van der Waals surface area contributed by atoms with Gasteiger partial charge in [-0.3, -0.25) is 4.90 Å². The lowest BCUT2D eigenvalue weighted by Crippen LogP contribution is -2.42. The van der Waals surface area contributed by atoms with E-state index in [9.17, 15) is 5.11 Å². The molecule has 2 heterocycles. The Morgan fingerprint density at radius 3 is 2.67 bits per heavy atom. The topological polar surface area (TPSA) is 32.7 Å². The number of likely N-dealkylation sites (tertiary alicyclic amines) is 1. The number of piperidine rings is 1. The van der Waals surface area contributed by atoms with Crippen molar-refractivity contribution in [2.75, 3.05) is 19.8 Å². The highest BCUT2D eigenvalue weighted by molar-refractivity contribution is 5.04. The zero-order valence-corrected chi connectivity index (χ0v) is 7.15. The minimum atomic E-state index is -0.232. The smallest absolute Gasteiger partial charge is 0.0950 e. The van der Waals surface area contributed by atoms with Crippen molar-refractivity contribution < 1.29 is 9.84 Å². The third-order valence-electron chi connectivity index (χ3n) is 3.52. The molecule has 2 saturated heterocycles. The number of ether oxygens (including phenoxy) is 1. The van der Waals surface area contributed by atoms with Crippen molar-refractivity contribution in [2.24, 2.45) is 5.92 Å². The highest BCUT2D eigenvalue weighted by Crippen LogP contribution is 2.46. The molecule has 12 heavy (non-hydrogen) atoms. The van der Waals surface area contributed by atoms with Crippen molar-refractivity contribution in [1.82, 2.24) is 4.90 Å². The zero-order chi connectivity index (χ0) is 8.13. The van der Waals surface area contributed by atoms with Crippen LogP contribution in [0.25, 0.3) is 0 Å². The molecule has 3 nitrogen and oxygen atoms in total. The molecule has 1 aliphatic carbocycles. The van der Waals surface area contributed by atoms with Crippen molar-refractivity contribution in [1.29, 1.82) is 0 Å². The normalized spacial score (nSPS) is 52.8. The largest absolute Gasteiger partial charge is 0.389 e. The van der Waals surface area contributed by atoms with Crippen LogP contribution in [0, 0.1) is 5.92 Å². The average molecular weight is 169 g/mol. The lowest BCUT2D eigenvalue weighted by atomic mass is 10.2. The van der Waals surface area contributed by atoms with Gasteiger partial charge in [0.1, 0.15) is 0 Å². The Morgan fingerprint density at radius 2 is 2.17 bits per heavy atom. The van der Waals surface area contributed by atoms with E-state index >= 15 is 0 Å². The number of aliphatic hydroxyl groups excluding tert-OH is 1. The predicted octanol–water partition coefficient (Wildman–Crippen LogP) is -0.160. The Morgan fingerprint density at radius 1 is 1.25 bits per heavy atom. The minimum Gasteiger partial charge on any atom is -0.389 e. The van der Waals surface area contributed by atoms with Gasteiger partial charge >= 0.3 is 0 Å². The lowest BCUT2D eigenvalue weighted by molar-refractivity contribution is 0.0864. The first-order valence-corrected chi connectivity index (χ1v) is 4.88. The highest BCUT2D eigenvalue weighted by atomic mass is 16.5. The van der Waals surface area contributed by atoms with Crippen LogP contribution < -0.4 is 0 Å². The van der Waals surface area contributed by atoms with Gasteiger partial charge in [0.2, 0.25) is 0 Å². The van der Waals surface area contributed by atoms with Crippen LogP contribution in [-0.4, -0.2) is 48.0 Å². The Balaban J connectivity index is 1.71. The molecule has 0 radical (unpaired) electrons. The molecule has 4 atom stereocenters. The van der Waals surface area contributed by atoms with Crippen LogP contribution >= 0.6 is 0 Å². The summed E-state index contributed by atoms with van der Waals surface area (Å²) in [5, 5.41) is 9.62. The van der Waals surface area contributed by atoms with E-state index in [1.807, 2.05) is 0 Å². The van der Waals surface area contributed by atoms with E-state index in [2.05, 4.69) is 4.90 Å². The molecular formula is C9H15NO2. The third kappa shape index (κ3) is 0.934. The van der Waals surface area contributed by atoms with E-state index < -0.39 is 0 Å². The van der Waals surface area contributed by atoms with Crippen LogP contribution in [0.1, 0.15) is 12.8 Å². The number of hydrogen-bond donors (Lipinski definition) is 1. The molecule has 2 aliphatic heterocycles. The molecule has 0 aromatic rings. The van der Waals surface area contributed by atoms with E-state index in [1.165, 1.54) is 19.4 Å². The second kappa shape index (κ2) is 2.44. The molecule has 0 amide bonds. The van der Waals surface area contributed by atoms with E-state index in [0.29, 0.717) is 12.6 Å². The Kier molecular flexibility index (Phi) is 1.48. The van der Waals surface area contributed by atoms with Gasteiger partial charge in [0.15, 0.2) is 0 Å². The predicted molar refractivity (Wildman–Crippen MR) is 43.8 cm³/mol. The fourth-order valence-corrected chi connectivity index (χ4v) is 2.69. The molecule has 3 heteroatoms. The third-order valence-corrected chi connectivity index (χ3v) is 3.52. The van der Waals surface area contributed by atoms with Crippen LogP contribution in [0.3, 0.4) is 0 Å². The first-order chi connectivity index (χ1) is 5.86. The van der Waals surface area contributed by atoms with Crippen LogP contribution in [0.4, 0.5) is 0 Å². The van der Waals surface area contributed by atoms with E-state index in [4.69, 9.17) is 4.74 Å². The Bertz CT molecular complexity index is 191. The second-order valence-corrected chi connectivity index (χ2v) is 4.26. The number of rotatable bonds is 1. The van der Waals surface area contributed by atoms with Gasteiger partial charge in [0, 0.05) is 6.04 Å². The molecule has 3 rings (SSSR count). The quantitative estimate of drug-likeness (QED) is 0.592. The number of fused-ring (bicyclic) bond motifs is 1. The van der Waals surface area contributed by atoms with E-state index in [0.717, 1.165) is 18.6 Å². The average Bonchev–Trinajstić information content (AvgIpc) is 2.51. The number of hydrogen-bond acceptors (Lipinski definition) is 3. The summed E-state index contributed by atoms with van der Waals surface area (Å²) in [6.07, 6.45) is 2.47. The molecule has 1 saturated carbocycles. The minimum absolute atomic E-state index is 0.232.